The lowest BCUT2D eigenvalue weighted by atomic mass is 10.1. The van der Waals surface area contributed by atoms with Gasteiger partial charge in [0.1, 0.15) is 0 Å². The highest BCUT2D eigenvalue weighted by Gasteiger charge is 2.18. The van der Waals surface area contributed by atoms with Gasteiger partial charge in [0, 0.05) is 6.42 Å². The average Bonchev–Trinajstić information content (AvgIpc) is 2.86. The summed E-state index contributed by atoms with van der Waals surface area (Å²) in [6.45, 7) is 0. The third-order valence-electron chi connectivity index (χ3n) is 2.89. The fraction of sp³-hybridized carbons (Fsp3) is 0.455. The number of pyridine rings is 1. The molecule has 0 saturated carbocycles. The van der Waals surface area contributed by atoms with Gasteiger partial charge in [-0.05, 0) is 36.0 Å². The predicted molar refractivity (Wildman–Crippen MR) is 66.5 cm³/mol. The Balaban J connectivity index is 1.86. The first-order valence-electron chi connectivity index (χ1n) is 5.50. The summed E-state index contributed by atoms with van der Waals surface area (Å²) < 4.78 is 1.77. The molecule has 0 aliphatic carbocycles. The third kappa shape index (κ3) is 1.87. The zero-order chi connectivity index (χ0) is 11.0. The van der Waals surface area contributed by atoms with E-state index in [0.29, 0.717) is 0 Å². The molecule has 1 atom stereocenters. The molecular weight excluding hydrogens is 220 g/mol. The zero-order valence-electron chi connectivity index (χ0n) is 8.97. The van der Waals surface area contributed by atoms with Crippen molar-refractivity contribution in [1.82, 2.24) is 14.6 Å². The predicted octanol–water partition coefficient (Wildman–Crippen LogP) is 1.61. The zero-order valence-corrected chi connectivity index (χ0v) is 9.78. The molecule has 1 aliphatic heterocycles. The van der Waals surface area contributed by atoms with E-state index in [0.717, 1.165) is 29.5 Å². The fourth-order valence-electron chi connectivity index (χ4n) is 2.03. The van der Waals surface area contributed by atoms with Crippen molar-refractivity contribution in [1.29, 1.82) is 0 Å². The smallest absolute Gasteiger partial charge is 0.155 e. The fourth-order valence-corrected chi connectivity index (χ4v) is 3.32. The molecule has 1 saturated heterocycles. The minimum atomic E-state index is 0.723. The molecule has 0 bridgehead atoms. The van der Waals surface area contributed by atoms with Crippen LogP contribution in [0.5, 0.6) is 0 Å². The van der Waals surface area contributed by atoms with E-state index in [1.807, 2.05) is 30.1 Å². The lowest BCUT2D eigenvalue weighted by molar-refractivity contribution is 0.576. The van der Waals surface area contributed by atoms with Crippen molar-refractivity contribution in [2.75, 3.05) is 17.2 Å². The van der Waals surface area contributed by atoms with Crippen molar-refractivity contribution in [3.8, 4) is 0 Å². The average molecular weight is 234 g/mol. The summed E-state index contributed by atoms with van der Waals surface area (Å²) >= 11 is 2.03. The Hall–Kier alpha value is -1.23. The van der Waals surface area contributed by atoms with Gasteiger partial charge in [-0.1, -0.05) is 0 Å². The second kappa shape index (κ2) is 3.97. The standard InChI is InChI=1S/C11H14N4S/c12-9-1-2-11-13-10(14-15(11)6-9)5-8-3-4-16-7-8/h1-2,6,8H,3-5,7,12H2. The van der Waals surface area contributed by atoms with Crippen molar-refractivity contribution < 1.29 is 0 Å². The molecule has 2 N–H and O–H groups in total. The molecule has 16 heavy (non-hydrogen) atoms. The number of fused-ring (bicyclic) bond motifs is 1. The molecule has 4 nitrogen and oxygen atoms in total. The first kappa shape index (κ1) is 9.96. The highest BCUT2D eigenvalue weighted by molar-refractivity contribution is 7.99. The summed E-state index contributed by atoms with van der Waals surface area (Å²) in [5.41, 5.74) is 7.31. The van der Waals surface area contributed by atoms with Crippen molar-refractivity contribution in [2.24, 2.45) is 5.92 Å². The van der Waals surface area contributed by atoms with Crippen molar-refractivity contribution in [3.05, 3.63) is 24.2 Å². The molecule has 0 amide bonds. The van der Waals surface area contributed by atoms with E-state index in [2.05, 4.69) is 10.1 Å². The number of hydrogen-bond donors (Lipinski definition) is 1. The van der Waals surface area contributed by atoms with Gasteiger partial charge in [0.25, 0.3) is 0 Å². The van der Waals surface area contributed by atoms with Crippen LogP contribution >= 0.6 is 11.8 Å². The van der Waals surface area contributed by atoms with Gasteiger partial charge in [-0.2, -0.15) is 16.9 Å². The van der Waals surface area contributed by atoms with Crippen LogP contribution in [0.2, 0.25) is 0 Å². The van der Waals surface area contributed by atoms with E-state index >= 15 is 0 Å². The third-order valence-corrected chi connectivity index (χ3v) is 4.12. The number of nitrogens with two attached hydrogens (primary N) is 1. The molecule has 0 radical (unpaired) electrons. The molecule has 2 aromatic rings. The van der Waals surface area contributed by atoms with E-state index < -0.39 is 0 Å². The maximum atomic E-state index is 5.70. The summed E-state index contributed by atoms with van der Waals surface area (Å²) in [7, 11) is 0. The van der Waals surface area contributed by atoms with Crippen LogP contribution in [0.4, 0.5) is 5.69 Å². The highest BCUT2D eigenvalue weighted by Crippen LogP contribution is 2.25. The summed E-state index contributed by atoms with van der Waals surface area (Å²) in [5.74, 6) is 4.22. The van der Waals surface area contributed by atoms with Crippen LogP contribution in [0.25, 0.3) is 5.65 Å². The maximum absolute atomic E-state index is 5.70. The van der Waals surface area contributed by atoms with E-state index in [9.17, 15) is 0 Å². The normalized spacial score (nSPS) is 20.6. The number of nitrogen functional groups attached to an aromatic ring is 1. The Morgan fingerprint density at radius 1 is 1.50 bits per heavy atom. The SMILES string of the molecule is Nc1ccc2nc(CC3CCSC3)nn2c1. The number of hydrogen-bond acceptors (Lipinski definition) is 4. The monoisotopic (exact) mass is 234 g/mol. The van der Waals surface area contributed by atoms with Gasteiger partial charge >= 0.3 is 0 Å². The van der Waals surface area contributed by atoms with Crippen LogP contribution in [0.1, 0.15) is 12.2 Å². The molecule has 0 aromatic carbocycles. The Kier molecular flexibility index (Phi) is 2.47. The van der Waals surface area contributed by atoms with Crippen molar-refractivity contribution >= 4 is 23.1 Å². The largest absolute Gasteiger partial charge is 0.397 e. The number of anilines is 1. The molecule has 3 heterocycles. The minimum absolute atomic E-state index is 0.723. The number of thioether (sulfide) groups is 1. The lowest BCUT2D eigenvalue weighted by Crippen LogP contribution is -2.04. The lowest BCUT2D eigenvalue weighted by Gasteiger charge is -2.02. The van der Waals surface area contributed by atoms with Gasteiger partial charge in [0.05, 0.1) is 11.9 Å². The Morgan fingerprint density at radius 3 is 3.25 bits per heavy atom. The molecule has 1 fully saturated rings. The van der Waals surface area contributed by atoms with Crippen LogP contribution in [-0.2, 0) is 6.42 Å². The van der Waals surface area contributed by atoms with E-state index in [4.69, 9.17) is 5.73 Å². The number of rotatable bonds is 2. The van der Waals surface area contributed by atoms with Crippen LogP contribution in [0.15, 0.2) is 18.3 Å². The molecular formula is C11H14N4S. The minimum Gasteiger partial charge on any atom is -0.397 e. The van der Waals surface area contributed by atoms with Gasteiger partial charge in [0.2, 0.25) is 0 Å². The first-order valence-corrected chi connectivity index (χ1v) is 6.65. The Labute approximate surface area is 98.2 Å². The first-order chi connectivity index (χ1) is 7.81. The topological polar surface area (TPSA) is 56.2 Å². The Morgan fingerprint density at radius 2 is 2.44 bits per heavy atom. The second-order valence-corrected chi connectivity index (χ2v) is 5.38. The van der Waals surface area contributed by atoms with Crippen molar-refractivity contribution in [2.45, 2.75) is 12.8 Å². The molecule has 0 spiro atoms. The number of nitrogens with zero attached hydrogens (tertiary/aromatic N) is 3. The summed E-state index contributed by atoms with van der Waals surface area (Å²) in [6, 6.07) is 3.77. The number of aromatic nitrogens is 3. The van der Waals surface area contributed by atoms with Crippen LogP contribution < -0.4 is 5.73 Å². The van der Waals surface area contributed by atoms with Crippen LogP contribution in [0, 0.1) is 5.92 Å². The van der Waals surface area contributed by atoms with Gasteiger partial charge < -0.3 is 5.73 Å². The van der Waals surface area contributed by atoms with E-state index in [1.54, 1.807) is 4.52 Å². The van der Waals surface area contributed by atoms with Crippen LogP contribution in [-0.4, -0.2) is 26.1 Å². The second-order valence-electron chi connectivity index (χ2n) is 4.23. The molecule has 3 rings (SSSR count). The highest BCUT2D eigenvalue weighted by atomic mass is 32.2. The summed E-state index contributed by atoms with van der Waals surface area (Å²) in [4.78, 5) is 4.50. The molecule has 5 heteroatoms. The summed E-state index contributed by atoms with van der Waals surface area (Å²) in [6.07, 6.45) is 4.10. The van der Waals surface area contributed by atoms with E-state index in [1.165, 1.54) is 17.9 Å². The van der Waals surface area contributed by atoms with Crippen LogP contribution in [0.3, 0.4) is 0 Å². The quantitative estimate of drug-likeness (QED) is 0.857. The van der Waals surface area contributed by atoms with Gasteiger partial charge in [-0.15, -0.1) is 0 Å². The molecule has 84 valence electrons. The van der Waals surface area contributed by atoms with Gasteiger partial charge in [0.15, 0.2) is 11.5 Å². The molecule has 1 aliphatic rings. The van der Waals surface area contributed by atoms with Gasteiger partial charge in [-0.25, -0.2) is 9.50 Å². The van der Waals surface area contributed by atoms with E-state index in [-0.39, 0.29) is 0 Å². The molecule has 1 unspecified atom stereocenters. The van der Waals surface area contributed by atoms with Gasteiger partial charge in [-0.3, -0.25) is 0 Å². The maximum Gasteiger partial charge on any atom is 0.155 e. The molecule has 2 aromatic heterocycles. The Bertz CT molecular complexity index is 502. The van der Waals surface area contributed by atoms with Crippen molar-refractivity contribution in [3.63, 3.8) is 0 Å². The summed E-state index contributed by atoms with van der Waals surface area (Å²) in [5, 5.41) is 4.45.